The lowest BCUT2D eigenvalue weighted by Crippen LogP contribution is -1.98. The average molecular weight is 316 g/mol. The lowest BCUT2D eigenvalue weighted by atomic mass is 10.2. The summed E-state index contributed by atoms with van der Waals surface area (Å²) in [4.78, 5) is 15.9. The number of hydrogen-bond donors (Lipinski definition) is 1. The van der Waals surface area contributed by atoms with Crippen molar-refractivity contribution in [1.29, 1.82) is 0 Å². The predicted molar refractivity (Wildman–Crippen MR) is 78.5 cm³/mol. The molecule has 0 saturated carbocycles. The number of carboxylic acids is 1. The van der Waals surface area contributed by atoms with Crippen LogP contribution in [0.2, 0.25) is 10.0 Å². The Hall–Kier alpha value is -1.10. The van der Waals surface area contributed by atoms with Crippen molar-refractivity contribution in [2.45, 2.75) is 19.8 Å². The number of carbonyl (C=O) groups is 1. The summed E-state index contributed by atoms with van der Waals surface area (Å²) in [6.45, 7) is 1.99. The van der Waals surface area contributed by atoms with Crippen LogP contribution in [0.25, 0.3) is 10.6 Å². The standard InChI is InChI=1S/C13H11Cl2NO2S/c1-2-3-10-11(13(17)18)19-12(16-10)7-4-5-8(14)9(15)6-7/h4-6H,2-3H2,1H3,(H,17,18). The summed E-state index contributed by atoms with van der Waals surface area (Å²) in [7, 11) is 0. The molecule has 0 radical (unpaired) electrons. The summed E-state index contributed by atoms with van der Waals surface area (Å²) in [5.41, 5.74) is 1.41. The van der Waals surface area contributed by atoms with Gasteiger partial charge in [0.15, 0.2) is 0 Å². The molecule has 2 rings (SSSR count). The highest BCUT2D eigenvalue weighted by Gasteiger charge is 2.17. The Balaban J connectivity index is 2.47. The summed E-state index contributed by atoms with van der Waals surface area (Å²) >= 11 is 13.0. The van der Waals surface area contributed by atoms with Crippen LogP contribution in [-0.4, -0.2) is 16.1 Å². The van der Waals surface area contributed by atoms with Gasteiger partial charge in [0.05, 0.1) is 15.7 Å². The molecule has 0 aliphatic heterocycles. The van der Waals surface area contributed by atoms with Gasteiger partial charge in [-0.1, -0.05) is 42.6 Å². The second-order valence-electron chi connectivity index (χ2n) is 3.98. The number of thiazole rings is 1. The van der Waals surface area contributed by atoms with E-state index in [0.717, 1.165) is 23.3 Å². The van der Waals surface area contributed by atoms with Crippen molar-refractivity contribution in [3.8, 4) is 10.6 Å². The largest absolute Gasteiger partial charge is 0.477 e. The van der Waals surface area contributed by atoms with E-state index in [1.54, 1.807) is 18.2 Å². The van der Waals surface area contributed by atoms with E-state index in [-0.39, 0.29) is 0 Å². The number of rotatable bonds is 4. The summed E-state index contributed by atoms with van der Waals surface area (Å²) in [6, 6.07) is 5.17. The molecular weight excluding hydrogens is 305 g/mol. The van der Waals surface area contributed by atoms with E-state index in [1.165, 1.54) is 0 Å². The molecule has 0 bridgehead atoms. The van der Waals surface area contributed by atoms with E-state index in [1.807, 2.05) is 6.92 Å². The molecule has 0 aliphatic rings. The van der Waals surface area contributed by atoms with Crippen molar-refractivity contribution in [1.82, 2.24) is 4.98 Å². The van der Waals surface area contributed by atoms with Crippen molar-refractivity contribution in [3.63, 3.8) is 0 Å². The first-order valence-corrected chi connectivity index (χ1v) is 7.28. The molecule has 0 saturated heterocycles. The fraction of sp³-hybridized carbons (Fsp3) is 0.231. The van der Waals surface area contributed by atoms with E-state index in [4.69, 9.17) is 23.2 Å². The van der Waals surface area contributed by atoms with Crippen LogP contribution in [0, 0.1) is 0 Å². The monoisotopic (exact) mass is 315 g/mol. The van der Waals surface area contributed by atoms with Crippen LogP contribution >= 0.6 is 34.5 Å². The van der Waals surface area contributed by atoms with Gasteiger partial charge >= 0.3 is 5.97 Å². The van der Waals surface area contributed by atoms with Gasteiger partial charge in [-0.15, -0.1) is 11.3 Å². The van der Waals surface area contributed by atoms with Crippen LogP contribution in [-0.2, 0) is 6.42 Å². The SMILES string of the molecule is CCCc1nc(-c2ccc(Cl)c(Cl)c2)sc1C(=O)O. The third-order valence-corrected chi connectivity index (χ3v) is 4.42. The lowest BCUT2D eigenvalue weighted by molar-refractivity contribution is 0.0700. The van der Waals surface area contributed by atoms with Gasteiger partial charge in [-0.25, -0.2) is 9.78 Å². The molecule has 0 amide bonds. The average Bonchev–Trinajstić information content (AvgIpc) is 2.77. The number of aromatic carboxylic acids is 1. The Bertz CT molecular complexity index is 625. The van der Waals surface area contributed by atoms with Crippen molar-refractivity contribution >= 4 is 40.5 Å². The first kappa shape index (κ1) is 14.3. The molecule has 19 heavy (non-hydrogen) atoms. The number of carboxylic acid groups (broad SMARTS) is 1. The third-order valence-electron chi connectivity index (χ3n) is 2.54. The minimum absolute atomic E-state index is 0.294. The molecule has 2 aromatic rings. The Morgan fingerprint density at radius 3 is 2.68 bits per heavy atom. The summed E-state index contributed by atoms with van der Waals surface area (Å²) in [6.07, 6.45) is 1.50. The number of benzene rings is 1. The Morgan fingerprint density at radius 1 is 1.37 bits per heavy atom. The molecule has 1 aromatic heterocycles. The van der Waals surface area contributed by atoms with E-state index in [2.05, 4.69) is 4.98 Å². The normalized spacial score (nSPS) is 10.7. The molecule has 3 nitrogen and oxygen atoms in total. The molecular formula is C13H11Cl2NO2S. The zero-order valence-electron chi connectivity index (χ0n) is 10.1. The van der Waals surface area contributed by atoms with E-state index >= 15 is 0 Å². The van der Waals surface area contributed by atoms with Gasteiger partial charge in [-0.3, -0.25) is 0 Å². The second-order valence-corrected chi connectivity index (χ2v) is 5.79. The smallest absolute Gasteiger partial charge is 0.347 e. The highest BCUT2D eigenvalue weighted by Crippen LogP contribution is 2.32. The number of aromatic nitrogens is 1. The summed E-state index contributed by atoms with van der Waals surface area (Å²) in [5, 5.41) is 10.7. The van der Waals surface area contributed by atoms with Crippen molar-refractivity contribution in [3.05, 3.63) is 38.8 Å². The van der Waals surface area contributed by atoms with Crippen LogP contribution in [0.4, 0.5) is 0 Å². The van der Waals surface area contributed by atoms with Gasteiger partial charge in [0, 0.05) is 5.56 Å². The first-order chi connectivity index (χ1) is 9.02. The van der Waals surface area contributed by atoms with Gasteiger partial charge in [-0.05, 0) is 18.6 Å². The molecule has 0 fully saturated rings. The first-order valence-electron chi connectivity index (χ1n) is 5.71. The zero-order valence-corrected chi connectivity index (χ0v) is 12.4. The minimum Gasteiger partial charge on any atom is -0.477 e. The van der Waals surface area contributed by atoms with Gasteiger partial charge < -0.3 is 5.11 Å². The summed E-state index contributed by atoms with van der Waals surface area (Å²) < 4.78 is 0. The predicted octanol–water partition coefficient (Wildman–Crippen LogP) is 4.77. The Morgan fingerprint density at radius 2 is 2.11 bits per heavy atom. The van der Waals surface area contributed by atoms with Gasteiger partial charge in [0.25, 0.3) is 0 Å². The molecule has 0 atom stereocenters. The topological polar surface area (TPSA) is 50.2 Å². The lowest BCUT2D eigenvalue weighted by Gasteiger charge is -1.99. The molecule has 1 heterocycles. The maximum atomic E-state index is 11.2. The second kappa shape index (κ2) is 5.90. The van der Waals surface area contributed by atoms with Gasteiger partial charge in [0.1, 0.15) is 9.88 Å². The Labute approximate surface area is 124 Å². The van der Waals surface area contributed by atoms with Crippen LogP contribution in [0.1, 0.15) is 28.7 Å². The van der Waals surface area contributed by atoms with E-state index in [9.17, 15) is 9.90 Å². The number of aryl methyl sites for hydroxylation is 1. The minimum atomic E-state index is -0.938. The van der Waals surface area contributed by atoms with Crippen LogP contribution in [0.3, 0.4) is 0 Å². The zero-order chi connectivity index (χ0) is 14.0. The van der Waals surface area contributed by atoms with Crippen LogP contribution in [0.5, 0.6) is 0 Å². The van der Waals surface area contributed by atoms with Crippen LogP contribution in [0.15, 0.2) is 18.2 Å². The summed E-state index contributed by atoms with van der Waals surface area (Å²) in [5.74, 6) is -0.938. The van der Waals surface area contributed by atoms with Gasteiger partial charge in [-0.2, -0.15) is 0 Å². The molecule has 0 aliphatic carbocycles. The Kier molecular flexibility index (Phi) is 4.45. The number of hydrogen-bond acceptors (Lipinski definition) is 3. The maximum absolute atomic E-state index is 11.2. The van der Waals surface area contributed by atoms with Crippen LogP contribution < -0.4 is 0 Å². The molecule has 1 N–H and O–H groups in total. The third kappa shape index (κ3) is 3.08. The fourth-order valence-corrected chi connectivity index (χ4v) is 2.92. The molecule has 0 spiro atoms. The van der Waals surface area contributed by atoms with Crippen molar-refractivity contribution in [2.24, 2.45) is 0 Å². The van der Waals surface area contributed by atoms with Gasteiger partial charge in [0.2, 0.25) is 0 Å². The van der Waals surface area contributed by atoms with E-state index < -0.39 is 5.97 Å². The molecule has 100 valence electrons. The molecule has 0 unspecified atom stereocenters. The maximum Gasteiger partial charge on any atom is 0.347 e. The molecule has 1 aromatic carbocycles. The fourth-order valence-electron chi connectivity index (χ4n) is 1.68. The number of halogens is 2. The molecule has 6 heteroatoms. The number of nitrogens with zero attached hydrogens (tertiary/aromatic N) is 1. The quantitative estimate of drug-likeness (QED) is 0.884. The van der Waals surface area contributed by atoms with Crippen molar-refractivity contribution < 1.29 is 9.90 Å². The highest BCUT2D eigenvalue weighted by molar-refractivity contribution is 7.17. The van der Waals surface area contributed by atoms with Crippen molar-refractivity contribution in [2.75, 3.05) is 0 Å². The van der Waals surface area contributed by atoms with E-state index in [0.29, 0.717) is 32.0 Å². The highest BCUT2D eigenvalue weighted by atomic mass is 35.5.